The predicted molar refractivity (Wildman–Crippen MR) is 82.6 cm³/mol. The van der Waals surface area contributed by atoms with Crippen molar-refractivity contribution in [3.63, 3.8) is 0 Å². The van der Waals surface area contributed by atoms with Gasteiger partial charge >= 0.3 is 0 Å². The van der Waals surface area contributed by atoms with Crippen LogP contribution in [-0.2, 0) is 16.1 Å². The third-order valence-electron chi connectivity index (χ3n) is 3.89. The molecule has 1 aromatic carbocycles. The number of benzene rings is 1. The third kappa shape index (κ3) is 3.01. The summed E-state index contributed by atoms with van der Waals surface area (Å²) in [5, 5.41) is 4.78. The molecular weight excluding hydrogens is 282 g/mol. The molecule has 116 valence electrons. The summed E-state index contributed by atoms with van der Waals surface area (Å²) in [6.45, 7) is 4.30. The molecule has 1 fully saturated rings. The number of ether oxygens (including phenoxy) is 1. The van der Waals surface area contributed by atoms with Crippen molar-refractivity contribution in [3.8, 4) is 0 Å². The van der Waals surface area contributed by atoms with E-state index < -0.39 is 0 Å². The summed E-state index contributed by atoms with van der Waals surface area (Å²) >= 11 is 0. The summed E-state index contributed by atoms with van der Waals surface area (Å²) in [6, 6.07) is 7.33. The Labute approximate surface area is 128 Å². The van der Waals surface area contributed by atoms with Gasteiger partial charge in [0, 0.05) is 24.9 Å². The number of nitrogens with zero attached hydrogens (tertiary/aromatic N) is 3. The van der Waals surface area contributed by atoms with Crippen molar-refractivity contribution in [2.24, 2.45) is 0 Å². The van der Waals surface area contributed by atoms with E-state index in [-0.39, 0.29) is 17.4 Å². The minimum atomic E-state index is -0.0971. The quantitative estimate of drug-likeness (QED) is 0.849. The first-order chi connectivity index (χ1) is 10.6. The van der Waals surface area contributed by atoms with E-state index in [1.54, 1.807) is 10.7 Å². The van der Waals surface area contributed by atoms with E-state index in [0.29, 0.717) is 38.0 Å². The van der Waals surface area contributed by atoms with Gasteiger partial charge in [-0.25, -0.2) is 0 Å². The summed E-state index contributed by atoms with van der Waals surface area (Å²) in [4.78, 5) is 25.9. The Bertz CT molecular complexity index is 741. The van der Waals surface area contributed by atoms with Gasteiger partial charge in [-0.05, 0) is 19.1 Å². The van der Waals surface area contributed by atoms with E-state index in [4.69, 9.17) is 4.74 Å². The maximum atomic E-state index is 12.3. The lowest BCUT2D eigenvalue weighted by Crippen LogP contribution is -2.44. The maximum absolute atomic E-state index is 12.3. The first-order valence-electron chi connectivity index (χ1n) is 7.49. The van der Waals surface area contributed by atoms with Crippen LogP contribution in [0.4, 0.5) is 0 Å². The third-order valence-corrected chi connectivity index (χ3v) is 3.89. The number of aryl methyl sites for hydroxylation is 1. The molecule has 3 rings (SSSR count). The fourth-order valence-corrected chi connectivity index (χ4v) is 2.74. The summed E-state index contributed by atoms with van der Waals surface area (Å²) < 4.78 is 7.17. The number of para-hydroxylation sites is 1. The van der Waals surface area contributed by atoms with E-state index in [9.17, 15) is 9.59 Å². The van der Waals surface area contributed by atoms with Gasteiger partial charge in [0.15, 0.2) is 0 Å². The Balaban J connectivity index is 1.73. The highest BCUT2D eigenvalue weighted by molar-refractivity contribution is 5.79. The lowest BCUT2D eigenvalue weighted by molar-refractivity contribution is -0.138. The van der Waals surface area contributed by atoms with E-state index >= 15 is 0 Å². The van der Waals surface area contributed by atoms with Gasteiger partial charge in [-0.3, -0.25) is 14.3 Å². The zero-order valence-corrected chi connectivity index (χ0v) is 12.6. The zero-order valence-electron chi connectivity index (χ0n) is 12.6. The second-order valence-corrected chi connectivity index (χ2v) is 5.52. The summed E-state index contributed by atoms with van der Waals surface area (Å²) in [5.74, 6) is 0.0970. The van der Waals surface area contributed by atoms with Crippen LogP contribution in [0.1, 0.15) is 13.3 Å². The van der Waals surface area contributed by atoms with Crippen LogP contribution in [0.2, 0.25) is 0 Å². The topological polar surface area (TPSA) is 64.4 Å². The molecule has 6 heteroatoms. The van der Waals surface area contributed by atoms with Crippen LogP contribution in [0.15, 0.2) is 35.3 Å². The van der Waals surface area contributed by atoms with Crippen molar-refractivity contribution in [1.82, 2.24) is 14.7 Å². The van der Waals surface area contributed by atoms with Crippen LogP contribution < -0.4 is 5.43 Å². The molecule has 2 aromatic rings. The molecule has 0 bridgehead atoms. The molecule has 0 aliphatic carbocycles. The zero-order chi connectivity index (χ0) is 15.5. The number of amides is 1. The average Bonchev–Trinajstić information content (AvgIpc) is 2.54. The molecule has 0 N–H and O–H groups in total. The smallest absolute Gasteiger partial charge is 0.224 e. The van der Waals surface area contributed by atoms with Crippen molar-refractivity contribution < 1.29 is 9.53 Å². The molecule has 1 aromatic heterocycles. The molecule has 2 heterocycles. The number of carbonyl (C=O) groups is 1. The Morgan fingerprint density at radius 2 is 2.23 bits per heavy atom. The number of fused-ring (bicyclic) bond motifs is 1. The molecule has 6 nitrogen and oxygen atoms in total. The Morgan fingerprint density at radius 1 is 1.41 bits per heavy atom. The van der Waals surface area contributed by atoms with E-state index in [1.807, 2.05) is 30.0 Å². The summed E-state index contributed by atoms with van der Waals surface area (Å²) in [7, 11) is 0. The molecule has 1 amide bonds. The number of aromatic nitrogens is 2. The molecule has 0 radical (unpaired) electrons. The number of hydrogen-bond donors (Lipinski definition) is 0. The number of carbonyl (C=O) groups excluding carboxylic acids is 1. The van der Waals surface area contributed by atoms with Crippen LogP contribution in [-0.4, -0.2) is 46.4 Å². The number of rotatable bonds is 3. The molecule has 0 saturated carbocycles. The minimum Gasteiger partial charge on any atom is -0.375 e. The van der Waals surface area contributed by atoms with Gasteiger partial charge in [0.25, 0.3) is 0 Å². The van der Waals surface area contributed by atoms with Crippen LogP contribution >= 0.6 is 0 Å². The lowest BCUT2D eigenvalue weighted by Gasteiger charge is -2.31. The summed E-state index contributed by atoms with van der Waals surface area (Å²) in [6.07, 6.45) is 1.76. The second kappa shape index (κ2) is 6.27. The van der Waals surface area contributed by atoms with Crippen molar-refractivity contribution >= 4 is 16.8 Å². The molecule has 1 atom stereocenters. The van der Waals surface area contributed by atoms with Crippen LogP contribution in [0.5, 0.6) is 0 Å². The molecule has 1 aliphatic heterocycles. The number of hydrogen-bond acceptors (Lipinski definition) is 4. The predicted octanol–water partition coefficient (Wildman–Crippen LogP) is 1.03. The average molecular weight is 301 g/mol. The van der Waals surface area contributed by atoms with E-state index in [1.165, 1.54) is 6.20 Å². The van der Waals surface area contributed by atoms with E-state index in [2.05, 4.69) is 5.10 Å². The highest BCUT2D eigenvalue weighted by Gasteiger charge is 2.21. The summed E-state index contributed by atoms with van der Waals surface area (Å²) in [5.41, 5.74) is 0.665. The lowest BCUT2D eigenvalue weighted by atomic mass is 10.2. The minimum absolute atomic E-state index is 0.0871. The van der Waals surface area contributed by atoms with Crippen molar-refractivity contribution in [2.75, 3.05) is 19.7 Å². The van der Waals surface area contributed by atoms with Gasteiger partial charge < -0.3 is 9.64 Å². The van der Waals surface area contributed by atoms with Crippen molar-refractivity contribution in [3.05, 3.63) is 40.7 Å². The van der Waals surface area contributed by atoms with Crippen LogP contribution in [0.25, 0.3) is 10.9 Å². The first kappa shape index (κ1) is 14.7. The maximum Gasteiger partial charge on any atom is 0.224 e. The molecule has 1 saturated heterocycles. The van der Waals surface area contributed by atoms with Gasteiger partial charge in [-0.1, -0.05) is 12.1 Å². The van der Waals surface area contributed by atoms with Crippen LogP contribution in [0.3, 0.4) is 0 Å². The van der Waals surface area contributed by atoms with Gasteiger partial charge in [0.1, 0.15) is 0 Å². The highest BCUT2D eigenvalue weighted by Crippen LogP contribution is 2.10. The number of morpholine rings is 1. The molecule has 1 aliphatic rings. The second-order valence-electron chi connectivity index (χ2n) is 5.52. The SMILES string of the molecule is CC1CN(C(=O)CCn2ncc(=O)c3ccccc32)CCO1. The Hall–Kier alpha value is -2.21. The van der Waals surface area contributed by atoms with E-state index in [0.717, 1.165) is 5.52 Å². The normalized spacial score (nSPS) is 18.6. The van der Waals surface area contributed by atoms with Gasteiger partial charge in [-0.15, -0.1) is 0 Å². The van der Waals surface area contributed by atoms with Crippen LogP contribution in [0, 0.1) is 0 Å². The Kier molecular flexibility index (Phi) is 4.20. The van der Waals surface area contributed by atoms with Crippen molar-refractivity contribution in [1.29, 1.82) is 0 Å². The highest BCUT2D eigenvalue weighted by atomic mass is 16.5. The van der Waals surface area contributed by atoms with Gasteiger partial charge in [0.2, 0.25) is 11.3 Å². The Morgan fingerprint density at radius 3 is 3.05 bits per heavy atom. The van der Waals surface area contributed by atoms with Gasteiger partial charge in [-0.2, -0.15) is 5.10 Å². The molecule has 22 heavy (non-hydrogen) atoms. The first-order valence-corrected chi connectivity index (χ1v) is 7.49. The standard InChI is InChI=1S/C16H19N3O3/c1-12-11-18(8-9-22-12)16(21)6-7-19-14-5-3-2-4-13(14)15(20)10-17-19/h2-5,10,12H,6-9,11H2,1H3. The largest absolute Gasteiger partial charge is 0.375 e. The molecule has 1 unspecified atom stereocenters. The monoisotopic (exact) mass is 301 g/mol. The fourth-order valence-electron chi connectivity index (χ4n) is 2.74. The van der Waals surface area contributed by atoms with Gasteiger partial charge in [0.05, 0.1) is 31.0 Å². The van der Waals surface area contributed by atoms with Crippen molar-refractivity contribution in [2.45, 2.75) is 26.0 Å². The molecule has 0 spiro atoms. The fraction of sp³-hybridized carbons (Fsp3) is 0.438. The molecular formula is C16H19N3O3.